The molecule has 0 saturated carbocycles. The van der Waals surface area contributed by atoms with Crippen LogP contribution >= 0.6 is 0 Å². The number of carbonyl (C=O) groups excluding carboxylic acids is 1. The second-order valence-corrected chi connectivity index (χ2v) is 6.90. The second kappa shape index (κ2) is 7.58. The highest BCUT2D eigenvalue weighted by Gasteiger charge is 2.43. The fraction of sp³-hybridized carbons (Fsp3) is 0.273. The number of aromatic nitrogens is 2. The van der Waals surface area contributed by atoms with E-state index < -0.39 is 6.29 Å². The molecular weight excluding hydrogens is 354 g/mol. The number of ether oxygens (including phenoxy) is 2. The summed E-state index contributed by atoms with van der Waals surface area (Å²) in [6, 6.07) is 17.9. The Morgan fingerprint density at radius 3 is 2.39 bits per heavy atom. The van der Waals surface area contributed by atoms with Gasteiger partial charge in [-0.1, -0.05) is 60.2 Å². The molecular formula is C22H23N3O3. The van der Waals surface area contributed by atoms with Crippen molar-refractivity contribution in [2.75, 3.05) is 20.8 Å². The van der Waals surface area contributed by atoms with Crippen LogP contribution in [0.5, 0.6) is 0 Å². The summed E-state index contributed by atoms with van der Waals surface area (Å²) in [5, 5.41) is 7.43. The smallest absolute Gasteiger partial charge is 0.273 e. The monoisotopic (exact) mass is 377 g/mol. The topological polar surface area (TPSA) is 67.5 Å². The normalized spacial score (nSPS) is 16.1. The molecule has 1 atom stereocenters. The maximum Gasteiger partial charge on any atom is 0.273 e. The first-order valence-corrected chi connectivity index (χ1v) is 9.20. The van der Waals surface area contributed by atoms with Crippen LogP contribution in [0.1, 0.15) is 33.2 Å². The highest BCUT2D eigenvalue weighted by molar-refractivity contribution is 6.00. The number of hydrogen-bond acceptors (Lipinski definition) is 4. The van der Waals surface area contributed by atoms with Crippen LogP contribution in [0.25, 0.3) is 11.3 Å². The molecule has 2 aromatic carbocycles. The molecule has 0 saturated heterocycles. The van der Waals surface area contributed by atoms with Crippen LogP contribution < -0.4 is 0 Å². The first-order chi connectivity index (χ1) is 13.6. The SMILES string of the molecule is COC(CN1C(=O)c2[nH]nc(-c3ccccc3)c2C1c1ccc(C)cc1)OC. The van der Waals surface area contributed by atoms with Gasteiger partial charge in [0.1, 0.15) is 5.69 Å². The number of rotatable bonds is 6. The average Bonchev–Trinajstić information content (AvgIpc) is 3.27. The van der Waals surface area contributed by atoms with Gasteiger partial charge in [-0.25, -0.2) is 0 Å². The van der Waals surface area contributed by atoms with Gasteiger partial charge in [0.25, 0.3) is 5.91 Å². The van der Waals surface area contributed by atoms with E-state index in [0.717, 1.165) is 22.4 Å². The van der Waals surface area contributed by atoms with E-state index in [2.05, 4.69) is 34.5 Å². The molecule has 1 aliphatic heterocycles. The molecule has 0 bridgehead atoms. The Balaban J connectivity index is 1.84. The molecule has 2 heterocycles. The fourth-order valence-electron chi connectivity index (χ4n) is 3.70. The van der Waals surface area contributed by atoms with E-state index in [1.54, 1.807) is 19.1 Å². The van der Waals surface area contributed by atoms with Gasteiger partial charge in [-0.15, -0.1) is 0 Å². The van der Waals surface area contributed by atoms with E-state index in [9.17, 15) is 4.79 Å². The third kappa shape index (κ3) is 3.10. The van der Waals surface area contributed by atoms with Crippen molar-refractivity contribution in [3.63, 3.8) is 0 Å². The molecule has 1 N–H and O–H groups in total. The van der Waals surface area contributed by atoms with Crippen molar-refractivity contribution < 1.29 is 14.3 Å². The summed E-state index contributed by atoms with van der Waals surface area (Å²) >= 11 is 0. The fourth-order valence-corrected chi connectivity index (χ4v) is 3.70. The summed E-state index contributed by atoms with van der Waals surface area (Å²) in [6.07, 6.45) is -0.506. The number of fused-ring (bicyclic) bond motifs is 1. The van der Waals surface area contributed by atoms with E-state index in [-0.39, 0.29) is 11.9 Å². The zero-order chi connectivity index (χ0) is 19.7. The van der Waals surface area contributed by atoms with E-state index in [1.807, 2.05) is 37.3 Å². The van der Waals surface area contributed by atoms with E-state index >= 15 is 0 Å². The average molecular weight is 377 g/mol. The van der Waals surface area contributed by atoms with Crippen molar-refractivity contribution in [1.29, 1.82) is 0 Å². The summed E-state index contributed by atoms with van der Waals surface area (Å²) in [5.41, 5.74) is 5.39. The molecule has 4 rings (SSSR count). The number of aromatic amines is 1. The summed E-state index contributed by atoms with van der Waals surface area (Å²) in [6.45, 7) is 2.37. The Kier molecular flexibility index (Phi) is 4.98. The molecule has 1 aliphatic rings. The van der Waals surface area contributed by atoms with Crippen LogP contribution in [0, 0.1) is 6.92 Å². The quantitative estimate of drug-likeness (QED) is 0.667. The Bertz CT molecular complexity index is 962. The maximum absolute atomic E-state index is 13.2. The molecule has 0 spiro atoms. The lowest BCUT2D eigenvalue weighted by Crippen LogP contribution is -2.38. The Hall–Kier alpha value is -2.96. The largest absolute Gasteiger partial charge is 0.354 e. The zero-order valence-corrected chi connectivity index (χ0v) is 16.2. The van der Waals surface area contributed by atoms with Crippen LogP contribution in [0.3, 0.4) is 0 Å². The van der Waals surface area contributed by atoms with Crippen LogP contribution in [-0.2, 0) is 9.47 Å². The van der Waals surface area contributed by atoms with Gasteiger partial charge in [-0.2, -0.15) is 5.10 Å². The van der Waals surface area contributed by atoms with Gasteiger partial charge in [0, 0.05) is 25.3 Å². The Morgan fingerprint density at radius 1 is 1.07 bits per heavy atom. The van der Waals surface area contributed by atoms with Crippen LogP contribution in [-0.4, -0.2) is 48.1 Å². The zero-order valence-electron chi connectivity index (χ0n) is 16.2. The molecule has 0 fully saturated rings. The molecule has 1 amide bonds. The number of H-pyrrole nitrogens is 1. The van der Waals surface area contributed by atoms with Crippen molar-refractivity contribution in [2.24, 2.45) is 0 Å². The van der Waals surface area contributed by atoms with Crippen molar-refractivity contribution >= 4 is 5.91 Å². The minimum absolute atomic E-state index is 0.102. The molecule has 144 valence electrons. The number of nitrogens with one attached hydrogen (secondary N) is 1. The Labute approximate surface area is 164 Å². The van der Waals surface area contributed by atoms with Crippen molar-refractivity contribution in [1.82, 2.24) is 15.1 Å². The number of methoxy groups -OCH3 is 2. The lowest BCUT2D eigenvalue weighted by atomic mass is 9.95. The number of amides is 1. The van der Waals surface area contributed by atoms with Gasteiger partial charge < -0.3 is 14.4 Å². The van der Waals surface area contributed by atoms with Crippen molar-refractivity contribution in [2.45, 2.75) is 19.3 Å². The van der Waals surface area contributed by atoms with Crippen LogP contribution in [0.15, 0.2) is 54.6 Å². The van der Waals surface area contributed by atoms with Gasteiger partial charge in [0.05, 0.1) is 18.3 Å². The summed E-state index contributed by atoms with van der Waals surface area (Å²) < 4.78 is 10.7. The van der Waals surface area contributed by atoms with Crippen LogP contribution in [0.2, 0.25) is 0 Å². The number of benzene rings is 2. The van der Waals surface area contributed by atoms with Gasteiger partial charge in [-0.05, 0) is 12.5 Å². The number of carbonyl (C=O) groups is 1. The lowest BCUT2D eigenvalue weighted by molar-refractivity contribution is -0.113. The minimum Gasteiger partial charge on any atom is -0.354 e. The first-order valence-electron chi connectivity index (χ1n) is 9.20. The lowest BCUT2D eigenvalue weighted by Gasteiger charge is -2.29. The molecule has 1 unspecified atom stereocenters. The van der Waals surface area contributed by atoms with Gasteiger partial charge in [0.15, 0.2) is 6.29 Å². The maximum atomic E-state index is 13.2. The molecule has 3 aromatic rings. The second-order valence-electron chi connectivity index (χ2n) is 6.90. The summed E-state index contributed by atoms with van der Waals surface area (Å²) in [5.74, 6) is -0.102. The minimum atomic E-state index is -0.506. The van der Waals surface area contributed by atoms with E-state index in [0.29, 0.717) is 12.2 Å². The predicted molar refractivity (Wildman–Crippen MR) is 106 cm³/mol. The van der Waals surface area contributed by atoms with E-state index in [1.165, 1.54) is 5.56 Å². The molecule has 0 aliphatic carbocycles. The Morgan fingerprint density at radius 2 is 1.75 bits per heavy atom. The van der Waals surface area contributed by atoms with Crippen LogP contribution in [0.4, 0.5) is 0 Å². The third-order valence-electron chi connectivity index (χ3n) is 5.18. The summed E-state index contributed by atoms with van der Waals surface area (Å²) in [4.78, 5) is 15.0. The van der Waals surface area contributed by atoms with Gasteiger partial charge in [-0.3, -0.25) is 9.89 Å². The highest BCUT2D eigenvalue weighted by atomic mass is 16.7. The first kappa shape index (κ1) is 18.4. The van der Waals surface area contributed by atoms with Gasteiger partial charge in [0.2, 0.25) is 0 Å². The summed E-state index contributed by atoms with van der Waals surface area (Å²) in [7, 11) is 3.15. The predicted octanol–water partition coefficient (Wildman–Crippen LogP) is 3.55. The molecule has 6 nitrogen and oxygen atoms in total. The molecule has 6 heteroatoms. The molecule has 0 radical (unpaired) electrons. The van der Waals surface area contributed by atoms with Gasteiger partial charge >= 0.3 is 0 Å². The highest BCUT2D eigenvalue weighted by Crippen LogP contribution is 2.42. The standard InChI is InChI=1S/C22H23N3O3/c1-14-9-11-16(12-10-14)21-18-19(15-7-5-4-6-8-15)23-24-20(18)22(26)25(21)13-17(27-2)28-3/h4-12,17,21H,13H2,1-3H3,(H,23,24). The number of aryl methyl sites for hydroxylation is 1. The number of hydrogen-bond donors (Lipinski definition) is 1. The van der Waals surface area contributed by atoms with Crippen molar-refractivity contribution in [3.8, 4) is 11.3 Å². The number of nitrogens with zero attached hydrogens (tertiary/aromatic N) is 2. The third-order valence-corrected chi connectivity index (χ3v) is 5.18. The van der Waals surface area contributed by atoms with Crippen molar-refractivity contribution in [3.05, 3.63) is 77.0 Å². The van der Waals surface area contributed by atoms with E-state index in [4.69, 9.17) is 9.47 Å². The molecule has 28 heavy (non-hydrogen) atoms. The molecule has 1 aromatic heterocycles.